The van der Waals surface area contributed by atoms with Gasteiger partial charge in [0.15, 0.2) is 9.84 Å². The maximum Gasteiger partial charge on any atom is 0.233 e. The van der Waals surface area contributed by atoms with Crippen LogP contribution in [-0.4, -0.2) is 59.2 Å². The summed E-state index contributed by atoms with van der Waals surface area (Å²) in [4.78, 5) is 11.2. The normalized spacial score (nSPS) is 11.4. The van der Waals surface area contributed by atoms with Gasteiger partial charge in [-0.1, -0.05) is 6.92 Å². The van der Waals surface area contributed by atoms with Gasteiger partial charge in [-0.2, -0.15) is 0 Å². The molecule has 0 saturated carbocycles. The molecule has 0 rings (SSSR count). The van der Waals surface area contributed by atoms with Crippen molar-refractivity contribution >= 4 is 15.7 Å². The molecule has 102 valence electrons. The number of carbonyl (C=O) groups excluding carboxylic acids is 1. The molecule has 0 aliphatic heterocycles. The summed E-state index contributed by atoms with van der Waals surface area (Å²) >= 11 is 0. The molecule has 0 aromatic rings. The number of rotatable bonds is 10. The summed E-state index contributed by atoms with van der Waals surface area (Å²) in [6, 6.07) is 0. The van der Waals surface area contributed by atoms with E-state index < -0.39 is 9.84 Å². The fourth-order valence-corrected chi connectivity index (χ4v) is 1.82. The second-order valence-electron chi connectivity index (χ2n) is 3.61. The Hall–Kier alpha value is -0.660. The molecule has 0 heterocycles. The van der Waals surface area contributed by atoms with E-state index in [4.69, 9.17) is 4.74 Å². The van der Waals surface area contributed by atoms with Gasteiger partial charge in [0.05, 0.1) is 12.3 Å². The van der Waals surface area contributed by atoms with Gasteiger partial charge in [0.25, 0.3) is 0 Å². The van der Waals surface area contributed by atoms with Crippen LogP contribution in [0.4, 0.5) is 0 Å². The lowest BCUT2D eigenvalue weighted by molar-refractivity contribution is -0.120. The van der Waals surface area contributed by atoms with Crippen LogP contribution in [0.3, 0.4) is 0 Å². The van der Waals surface area contributed by atoms with Crippen LogP contribution >= 0.6 is 0 Å². The fourth-order valence-electron chi connectivity index (χ4n) is 1.08. The Kier molecular flexibility index (Phi) is 9.01. The molecule has 0 aliphatic carbocycles. The van der Waals surface area contributed by atoms with E-state index in [1.165, 1.54) is 0 Å². The summed E-state index contributed by atoms with van der Waals surface area (Å²) in [6.07, 6.45) is 0.770. The minimum atomic E-state index is -2.95. The number of nitrogens with one attached hydrogen (secondary N) is 2. The molecule has 17 heavy (non-hydrogen) atoms. The first-order valence-electron chi connectivity index (χ1n) is 5.68. The molecule has 6 nitrogen and oxygen atoms in total. The number of hydrogen-bond acceptors (Lipinski definition) is 5. The fraction of sp³-hybridized carbons (Fsp3) is 0.900. The molecule has 0 radical (unpaired) electrons. The summed E-state index contributed by atoms with van der Waals surface area (Å²) in [6.45, 7) is 3.25. The smallest absolute Gasteiger partial charge is 0.233 e. The van der Waals surface area contributed by atoms with Gasteiger partial charge in [0, 0.05) is 32.6 Å². The lowest BCUT2D eigenvalue weighted by Crippen LogP contribution is -2.36. The molecule has 0 aromatic carbocycles. The van der Waals surface area contributed by atoms with Crippen LogP contribution in [-0.2, 0) is 19.4 Å². The molecule has 0 unspecified atom stereocenters. The Morgan fingerprint density at radius 3 is 2.59 bits per heavy atom. The van der Waals surface area contributed by atoms with Gasteiger partial charge in [-0.25, -0.2) is 8.42 Å². The van der Waals surface area contributed by atoms with Crippen molar-refractivity contribution in [2.75, 3.05) is 44.9 Å². The number of amides is 1. The van der Waals surface area contributed by atoms with E-state index >= 15 is 0 Å². The highest BCUT2D eigenvalue weighted by atomic mass is 32.2. The maximum absolute atomic E-state index is 11.2. The zero-order valence-corrected chi connectivity index (χ0v) is 11.3. The van der Waals surface area contributed by atoms with Gasteiger partial charge in [0.2, 0.25) is 5.91 Å². The third kappa shape index (κ3) is 10.2. The minimum Gasteiger partial charge on any atom is -0.385 e. The van der Waals surface area contributed by atoms with Gasteiger partial charge in [-0.3, -0.25) is 4.79 Å². The monoisotopic (exact) mass is 266 g/mol. The summed E-state index contributed by atoms with van der Waals surface area (Å²) < 4.78 is 27.1. The molecular weight excluding hydrogens is 244 g/mol. The average molecular weight is 266 g/mol. The van der Waals surface area contributed by atoms with E-state index in [9.17, 15) is 13.2 Å². The van der Waals surface area contributed by atoms with Crippen molar-refractivity contribution in [3.63, 3.8) is 0 Å². The highest BCUT2D eigenvalue weighted by Crippen LogP contribution is 1.86. The molecule has 0 spiro atoms. The van der Waals surface area contributed by atoms with Crippen molar-refractivity contribution < 1.29 is 17.9 Å². The van der Waals surface area contributed by atoms with Crippen molar-refractivity contribution in [3.05, 3.63) is 0 Å². The zero-order valence-electron chi connectivity index (χ0n) is 10.5. The van der Waals surface area contributed by atoms with E-state index in [0.29, 0.717) is 19.7 Å². The van der Waals surface area contributed by atoms with Crippen molar-refractivity contribution in [1.82, 2.24) is 10.6 Å². The van der Waals surface area contributed by atoms with Crippen molar-refractivity contribution in [1.29, 1.82) is 0 Å². The summed E-state index contributed by atoms with van der Waals surface area (Å²) in [5, 5.41) is 5.49. The van der Waals surface area contributed by atoms with Crippen LogP contribution in [0, 0.1) is 0 Å². The molecule has 0 saturated heterocycles. The van der Waals surface area contributed by atoms with Crippen LogP contribution in [0.15, 0.2) is 0 Å². The number of methoxy groups -OCH3 is 1. The lowest BCUT2D eigenvalue weighted by Gasteiger charge is -2.06. The molecule has 0 fully saturated rings. The Morgan fingerprint density at radius 2 is 2.00 bits per heavy atom. The molecule has 0 aromatic heterocycles. The second-order valence-corrected chi connectivity index (χ2v) is 6.08. The van der Waals surface area contributed by atoms with Gasteiger partial charge in [-0.05, 0) is 6.42 Å². The van der Waals surface area contributed by atoms with Crippen LogP contribution in [0.2, 0.25) is 0 Å². The first kappa shape index (κ1) is 16.3. The zero-order chi connectivity index (χ0) is 13.1. The standard InChI is InChI=1S/C10H22N2O4S/c1-3-17(14,15)8-6-11-9-10(13)12-5-4-7-16-2/h11H,3-9H2,1-2H3,(H,12,13). The Morgan fingerprint density at radius 1 is 1.29 bits per heavy atom. The Balaban J connectivity index is 3.46. The van der Waals surface area contributed by atoms with Crippen molar-refractivity contribution in [2.24, 2.45) is 0 Å². The number of carbonyl (C=O) groups is 1. The molecule has 0 atom stereocenters. The lowest BCUT2D eigenvalue weighted by atomic mass is 10.4. The molecular formula is C10H22N2O4S. The predicted molar refractivity (Wildman–Crippen MR) is 66.7 cm³/mol. The molecule has 0 aliphatic rings. The Bertz CT molecular complexity index is 303. The van der Waals surface area contributed by atoms with Gasteiger partial charge in [-0.15, -0.1) is 0 Å². The molecule has 7 heteroatoms. The largest absolute Gasteiger partial charge is 0.385 e. The number of hydrogen-bond donors (Lipinski definition) is 2. The van der Waals surface area contributed by atoms with Crippen molar-refractivity contribution in [2.45, 2.75) is 13.3 Å². The quantitative estimate of drug-likeness (QED) is 0.504. The topological polar surface area (TPSA) is 84.5 Å². The van der Waals surface area contributed by atoms with Crippen molar-refractivity contribution in [3.8, 4) is 0 Å². The van der Waals surface area contributed by atoms with E-state index in [1.807, 2.05) is 0 Å². The van der Waals surface area contributed by atoms with Crippen LogP contribution in [0.25, 0.3) is 0 Å². The van der Waals surface area contributed by atoms with E-state index in [-0.39, 0.29) is 24.0 Å². The van der Waals surface area contributed by atoms with Gasteiger partial charge >= 0.3 is 0 Å². The third-order valence-corrected chi connectivity index (χ3v) is 3.87. The van der Waals surface area contributed by atoms with E-state index in [1.54, 1.807) is 14.0 Å². The second kappa shape index (κ2) is 9.38. The predicted octanol–water partition coefficient (Wildman–Crippen LogP) is -0.837. The maximum atomic E-state index is 11.2. The number of ether oxygens (including phenoxy) is 1. The molecule has 0 bridgehead atoms. The first-order chi connectivity index (χ1) is 8.02. The van der Waals surface area contributed by atoms with Gasteiger partial charge < -0.3 is 15.4 Å². The molecule has 1 amide bonds. The molecule has 2 N–H and O–H groups in total. The van der Waals surface area contributed by atoms with Crippen LogP contribution in [0.5, 0.6) is 0 Å². The minimum absolute atomic E-state index is 0.0699. The summed E-state index contributed by atoms with van der Waals surface area (Å²) in [7, 11) is -1.34. The number of sulfone groups is 1. The third-order valence-electron chi connectivity index (χ3n) is 2.16. The SMILES string of the molecule is CCS(=O)(=O)CCNCC(=O)NCCCOC. The highest BCUT2D eigenvalue weighted by Gasteiger charge is 2.06. The average Bonchev–Trinajstić information content (AvgIpc) is 2.30. The highest BCUT2D eigenvalue weighted by molar-refractivity contribution is 7.91. The van der Waals surface area contributed by atoms with E-state index in [0.717, 1.165) is 6.42 Å². The first-order valence-corrected chi connectivity index (χ1v) is 7.50. The van der Waals surface area contributed by atoms with E-state index in [2.05, 4.69) is 10.6 Å². The summed E-state index contributed by atoms with van der Waals surface area (Å²) in [5.74, 6) is 0.0771. The summed E-state index contributed by atoms with van der Waals surface area (Å²) in [5.41, 5.74) is 0. The van der Waals surface area contributed by atoms with Crippen LogP contribution < -0.4 is 10.6 Å². The van der Waals surface area contributed by atoms with Crippen LogP contribution in [0.1, 0.15) is 13.3 Å². The Labute approximate surface area is 103 Å². The van der Waals surface area contributed by atoms with Gasteiger partial charge in [0.1, 0.15) is 0 Å².